The Kier molecular flexibility index (Phi) is 4.19. The highest BCUT2D eigenvalue weighted by atomic mass is 16.4. The Labute approximate surface area is 107 Å². The molecule has 5 heteroatoms. The Bertz CT molecular complexity index is 442. The number of nitrogens with one attached hydrogen (secondary N) is 1. The zero-order chi connectivity index (χ0) is 13.9. The third-order valence-electron chi connectivity index (χ3n) is 2.79. The van der Waals surface area contributed by atoms with Crippen LogP contribution in [0, 0.1) is 6.92 Å². The van der Waals surface area contributed by atoms with Gasteiger partial charge in [-0.05, 0) is 31.5 Å². The fourth-order valence-electron chi connectivity index (χ4n) is 1.55. The van der Waals surface area contributed by atoms with Gasteiger partial charge >= 0.3 is 5.97 Å². The average molecular weight is 252 g/mol. The molecule has 0 aliphatic heterocycles. The average Bonchev–Trinajstić information content (AvgIpc) is 2.27. The van der Waals surface area contributed by atoms with Crippen molar-refractivity contribution in [2.45, 2.75) is 19.4 Å². The van der Waals surface area contributed by atoms with E-state index in [0.29, 0.717) is 0 Å². The number of aliphatic carboxylic acids is 1. The quantitative estimate of drug-likeness (QED) is 0.737. The molecule has 1 unspecified atom stereocenters. The molecule has 0 aliphatic carbocycles. The molecule has 100 valence electrons. The first-order valence-electron chi connectivity index (χ1n) is 5.71. The maximum absolute atomic E-state index is 10.8. The number of aliphatic hydroxyl groups is 1. The zero-order valence-electron chi connectivity index (χ0n) is 11.2. The molecule has 0 aromatic heterocycles. The summed E-state index contributed by atoms with van der Waals surface area (Å²) in [6.07, 6.45) is 0. The molecule has 0 heterocycles. The minimum atomic E-state index is -1.77. The number of aryl methyl sites for hydroxylation is 1. The maximum atomic E-state index is 10.8. The number of carboxylic acid groups (broad SMARTS) is 1. The van der Waals surface area contributed by atoms with Gasteiger partial charge in [0.05, 0.1) is 6.54 Å². The van der Waals surface area contributed by atoms with Crippen LogP contribution in [-0.4, -0.2) is 42.4 Å². The highest BCUT2D eigenvalue weighted by Crippen LogP contribution is 2.22. The SMILES string of the molecule is Cc1ccc(NCC(C)(O)C(=O)O)cc1N(C)C. The van der Waals surface area contributed by atoms with Crippen molar-refractivity contribution in [3.63, 3.8) is 0 Å². The molecule has 0 aliphatic rings. The van der Waals surface area contributed by atoms with E-state index < -0.39 is 11.6 Å². The van der Waals surface area contributed by atoms with Crippen LogP contribution in [0.25, 0.3) is 0 Å². The number of carbonyl (C=O) groups is 1. The number of rotatable bonds is 5. The molecule has 0 fully saturated rings. The third-order valence-corrected chi connectivity index (χ3v) is 2.79. The first-order chi connectivity index (χ1) is 8.24. The predicted molar refractivity (Wildman–Crippen MR) is 72.3 cm³/mol. The van der Waals surface area contributed by atoms with Crippen LogP contribution in [-0.2, 0) is 4.79 Å². The van der Waals surface area contributed by atoms with Gasteiger partial charge in [-0.15, -0.1) is 0 Å². The first-order valence-corrected chi connectivity index (χ1v) is 5.71. The minimum Gasteiger partial charge on any atom is -0.479 e. The fraction of sp³-hybridized carbons (Fsp3) is 0.462. The summed E-state index contributed by atoms with van der Waals surface area (Å²) >= 11 is 0. The van der Waals surface area contributed by atoms with E-state index in [2.05, 4.69) is 5.32 Å². The smallest absolute Gasteiger partial charge is 0.337 e. The van der Waals surface area contributed by atoms with Crippen LogP contribution in [0.3, 0.4) is 0 Å². The Balaban J connectivity index is 2.81. The van der Waals surface area contributed by atoms with Crippen LogP contribution >= 0.6 is 0 Å². The van der Waals surface area contributed by atoms with E-state index in [9.17, 15) is 9.90 Å². The van der Waals surface area contributed by atoms with Crippen LogP contribution < -0.4 is 10.2 Å². The number of carboxylic acids is 1. The second kappa shape index (κ2) is 5.27. The zero-order valence-corrected chi connectivity index (χ0v) is 11.2. The van der Waals surface area contributed by atoms with E-state index in [-0.39, 0.29) is 6.54 Å². The molecular weight excluding hydrogens is 232 g/mol. The minimum absolute atomic E-state index is 0.0434. The molecule has 0 radical (unpaired) electrons. The monoisotopic (exact) mass is 252 g/mol. The Morgan fingerprint density at radius 2 is 2.06 bits per heavy atom. The van der Waals surface area contributed by atoms with Crippen molar-refractivity contribution in [3.8, 4) is 0 Å². The van der Waals surface area contributed by atoms with Crippen molar-refractivity contribution < 1.29 is 15.0 Å². The summed E-state index contributed by atoms with van der Waals surface area (Å²) in [5.74, 6) is -1.24. The molecular formula is C13H20N2O3. The topological polar surface area (TPSA) is 72.8 Å². The second-order valence-corrected chi connectivity index (χ2v) is 4.83. The van der Waals surface area contributed by atoms with Crippen molar-refractivity contribution in [3.05, 3.63) is 23.8 Å². The van der Waals surface area contributed by atoms with Gasteiger partial charge in [-0.3, -0.25) is 0 Å². The molecule has 1 atom stereocenters. The van der Waals surface area contributed by atoms with Gasteiger partial charge in [0, 0.05) is 25.5 Å². The number of hydrogen-bond acceptors (Lipinski definition) is 4. The number of nitrogens with zero attached hydrogens (tertiary/aromatic N) is 1. The second-order valence-electron chi connectivity index (χ2n) is 4.83. The fourth-order valence-corrected chi connectivity index (χ4v) is 1.55. The third kappa shape index (κ3) is 3.37. The van der Waals surface area contributed by atoms with Gasteiger partial charge in [0.1, 0.15) is 0 Å². The van der Waals surface area contributed by atoms with E-state index in [4.69, 9.17) is 5.11 Å². The number of anilines is 2. The lowest BCUT2D eigenvalue weighted by Crippen LogP contribution is -2.41. The van der Waals surface area contributed by atoms with E-state index >= 15 is 0 Å². The Morgan fingerprint density at radius 1 is 1.44 bits per heavy atom. The van der Waals surface area contributed by atoms with Crippen molar-refractivity contribution in [2.24, 2.45) is 0 Å². The van der Waals surface area contributed by atoms with E-state index in [1.54, 1.807) is 0 Å². The van der Waals surface area contributed by atoms with Gasteiger partial charge in [-0.2, -0.15) is 0 Å². The van der Waals surface area contributed by atoms with Crippen LogP contribution in [0.1, 0.15) is 12.5 Å². The lowest BCUT2D eigenvalue weighted by Gasteiger charge is -2.21. The highest BCUT2D eigenvalue weighted by Gasteiger charge is 2.29. The van der Waals surface area contributed by atoms with Gasteiger partial charge in [0.15, 0.2) is 5.60 Å². The van der Waals surface area contributed by atoms with Gasteiger partial charge in [-0.25, -0.2) is 4.79 Å². The summed E-state index contributed by atoms with van der Waals surface area (Å²) in [6, 6.07) is 5.74. The Morgan fingerprint density at radius 3 is 2.56 bits per heavy atom. The molecule has 5 nitrogen and oxygen atoms in total. The van der Waals surface area contributed by atoms with Crippen molar-refractivity contribution >= 4 is 17.3 Å². The standard InChI is InChI=1S/C13H20N2O3/c1-9-5-6-10(7-11(9)15(3)4)14-8-13(2,18)12(16)17/h5-7,14,18H,8H2,1-4H3,(H,16,17). The van der Waals surface area contributed by atoms with Crippen molar-refractivity contribution in [2.75, 3.05) is 30.9 Å². The van der Waals surface area contributed by atoms with E-state index in [1.165, 1.54) is 6.92 Å². The molecule has 0 saturated carbocycles. The van der Waals surface area contributed by atoms with Gasteiger partial charge in [0.25, 0.3) is 0 Å². The van der Waals surface area contributed by atoms with Gasteiger partial charge in [0.2, 0.25) is 0 Å². The first kappa shape index (κ1) is 14.3. The van der Waals surface area contributed by atoms with Crippen LogP contribution in [0.4, 0.5) is 11.4 Å². The Hall–Kier alpha value is -1.75. The highest BCUT2D eigenvalue weighted by molar-refractivity contribution is 5.77. The summed E-state index contributed by atoms with van der Waals surface area (Å²) < 4.78 is 0. The molecule has 3 N–H and O–H groups in total. The summed E-state index contributed by atoms with van der Waals surface area (Å²) in [7, 11) is 3.89. The van der Waals surface area contributed by atoms with Crippen molar-refractivity contribution in [1.82, 2.24) is 0 Å². The summed E-state index contributed by atoms with van der Waals surface area (Å²) in [6.45, 7) is 3.23. The molecule has 0 amide bonds. The van der Waals surface area contributed by atoms with E-state index in [1.807, 2.05) is 44.1 Å². The molecule has 1 aromatic carbocycles. The van der Waals surface area contributed by atoms with Crippen molar-refractivity contribution in [1.29, 1.82) is 0 Å². The largest absolute Gasteiger partial charge is 0.479 e. The predicted octanol–water partition coefficient (Wildman–Crippen LogP) is 1.31. The molecule has 1 aromatic rings. The maximum Gasteiger partial charge on any atom is 0.337 e. The van der Waals surface area contributed by atoms with Crippen LogP contribution in [0.2, 0.25) is 0 Å². The summed E-state index contributed by atoms with van der Waals surface area (Å²) in [4.78, 5) is 12.8. The van der Waals surface area contributed by atoms with Gasteiger partial charge in [-0.1, -0.05) is 6.07 Å². The lowest BCUT2D eigenvalue weighted by molar-refractivity contribution is -0.155. The normalized spacial score (nSPS) is 13.8. The van der Waals surface area contributed by atoms with Crippen LogP contribution in [0.15, 0.2) is 18.2 Å². The molecule has 0 spiro atoms. The molecule has 0 saturated heterocycles. The lowest BCUT2D eigenvalue weighted by atomic mass is 10.1. The van der Waals surface area contributed by atoms with Gasteiger partial charge < -0.3 is 20.4 Å². The van der Waals surface area contributed by atoms with E-state index in [0.717, 1.165) is 16.9 Å². The number of hydrogen-bond donors (Lipinski definition) is 3. The number of benzene rings is 1. The summed E-state index contributed by atoms with van der Waals surface area (Å²) in [5.41, 5.74) is 1.19. The molecule has 18 heavy (non-hydrogen) atoms. The molecule has 0 bridgehead atoms. The van der Waals surface area contributed by atoms with Crippen LogP contribution in [0.5, 0.6) is 0 Å². The summed E-state index contributed by atoms with van der Waals surface area (Å²) in [5, 5.41) is 21.4. The molecule has 1 rings (SSSR count).